The van der Waals surface area contributed by atoms with E-state index in [0.29, 0.717) is 5.39 Å². The van der Waals surface area contributed by atoms with E-state index in [1.807, 2.05) is 43.3 Å². The minimum atomic E-state index is -0.0578. The van der Waals surface area contributed by atoms with Crippen molar-refractivity contribution in [3.8, 4) is 0 Å². The Hall–Kier alpha value is -2.16. The summed E-state index contributed by atoms with van der Waals surface area (Å²) in [5, 5.41) is 2.83. The number of aromatic nitrogens is 2. The summed E-state index contributed by atoms with van der Waals surface area (Å²) in [5.74, 6) is 0.734. The van der Waals surface area contributed by atoms with Gasteiger partial charge in [-0.15, -0.1) is 0 Å². The quantitative estimate of drug-likeness (QED) is 0.646. The fourth-order valence-corrected chi connectivity index (χ4v) is 2.04. The summed E-state index contributed by atoms with van der Waals surface area (Å²) >= 11 is 0. The van der Waals surface area contributed by atoms with E-state index in [-0.39, 0.29) is 5.56 Å². The Bertz CT molecular complexity index is 759. The molecule has 1 aromatic heterocycles. The number of fused-ring (bicyclic) bond motifs is 2. The van der Waals surface area contributed by atoms with Crippen LogP contribution in [0.1, 0.15) is 12.7 Å². The van der Waals surface area contributed by atoms with Gasteiger partial charge in [-0.2, -0.15) is 0 Å². The number of rotatable bonds is 1. The number of nitrogens with one attached hydrogen (secondary N) is 1. The Morgan fingerprint density at radius 2 is 1.88 bits per heavy atom. The number of benzene rings is 2. The van der Waals surface area contributed by atoms with E-state index in [0.717, 1.165) is 28.5 Å². The molecule has 0 aliphatic heterocycles. The standard InChI is InChI=1S/C14H12N2O/c1-2-13-15-12-8-10-6-4-3-5-9(10)7-11(12)14(17)16-13/h3-8H,2H2,1H3,(H,15,16,17). The third-order valence-corrected chi connectivity index (χ3v) is 2.96. The van der Waals surface area contributed by atoms with Crippen molar-refractivity contribution in [3.05, 3.63) is 52.6 Å². The van der Waals surface area contributed by atoms with Gasteiger partial charge in [0.25, 0.3) is 5.56 Å². The Balaban J connectivity index is 2.47. The molecular formula is C14H12N2O. The molecule has 0 saturated heterocycles. The molecule has 3 heteroatoms. The molecule has 0 fully saturated rings. The van der Waals surface area contributed by atoms with Gasteiger partial charge in [-0.05, 0) is 22.9 Å². The fraction of sp³-hybridized carbons (Fsp3) is 0.143. The summed E-state index contributed by atoms with van der Waals surface area (Å²) in [7, 11) is 0. The summed E-state index contributed by atoms with van der Waals surface area (Å²) < 4.78 is 0. The van der Waals surface area contributed by atoms with E-state index in [9.17, 15) is 4.79 Å². The van der Waals surface area contributed by atoms with Crippen LogP contribution < -0.4 is 5.56 Å². The van der Waals surface area contributed by atoms with E-state index in [1.54, 1.807) is 0 Å². The molecule has 0 radical (unpaired) electrons. The van der Waals surface area contributed by atoms with Crippen LogP contribution in [0.4, 0.5) is 0 Å². The van der Waals surface area contributed by atoms with Gasteiger partial charge in [0.15, 0.2) is 0 Å². The SMILES string of the molecule is CCc1nc2cc3ccccc3cc2c(=O)[nH]1. The molecule has 1 heterocycles. The number of hydrogen-bond donors (Lipinski definition) is 1. The maximum Gasteiger partial charge on any atom is 0.258 e. The molecule has 0 bridgehead atoms. The predicted molar refractivity (Wildman–Crippen MR) is 69.2 cm³/mol. The summed E-state index contributed by atoms with van der Waals surface area (Å²) in [6, 6.07) is 11.9. The lowest BCUT2D eigenvalue weighted by Gasteiger charge is -2.03. The van der Waals surface area contributed by atoms with Crippen molar-refractivity contribution in [2.75, 3.05) is 0 Å². The third-order valence-electron chi connectivity index (χ3n) is 2.96. The van der Waals surface area contributed by atoms with E-state index < -0.39 is 0 Å². The van der Waals surface area contributed by atoms with Crippen LogP contribution in [0.3, 0.4) is 0 Å². The molecule has 3 aromatic rings. The van der Waals surface area contributed by atoms with Gasteiger partial charge < -0.3 is 4.98 Å². The summed E-state index contributed by atoms with van der Waals surface area (Å²) in [4.78, 5) is 19.2. The third kappa shape index (κ3) is 1.60. The Labute approximate surface area is 98.1 Å². The maximum atomic E-state index is 11.9. The molecule has 0 aliphatic rings. The molecule has 2 aromatic carbocycles. The number of aromatic amines is 1. The molecule has 0 atom stereocenters. The van der Waals surface area contributed by atoms with Crippen molar-refractivity contribution in [1.82, 2.24) is 9.97 Å². The normalized spacial score (nSPS) is 11.1. The van der Waals surface area contributed by atoms with Crippen LogP contribution in [0.2, 0.25) is 0 Å². The highest BCUT2D eigenvalue weighted by atomic mass is 16.1. The topological polar surface area (TPSA) is 45.8 Å². The zero-order valence-electron chi connectivity index (χ0n) is 9.53. The summed E-state index contributed by atoms with van der Waals surface area (Å²) in [6.07, 6.45) is 0.734. The molecule has 1 N–H and O–H groups in total. The van der Waals surface area contributed by atoms with Crippen LogP contribution in [-0.4, -0.2) is 9.97 Å². The van der Waals surface area contributed by atoms with E-state index in [4.69, 9.17) is 0 Å². The smallest absolute Gasteiger partial charge is 0.258 e. The van der Waals surface area contributed by atoms with Gasteiger partial charge in [0.05, 0.1) is 10.9 Å². The second-order valence-corrected chi connectivity index (χ2v) is 4.08. The monoisotopic (exact) mass is 224 g/mol. The highest BCUT2D eigenvalue weighted by Crippen LogP contribution is 2.18. The first-order chi connectivity index (χ1) is 8.28. The van der Waals surface area contributed by atoms with Crippen molar-refractivity contribution >= 4 is 21.7 Å². The van der Waals surface area contributed by atoms with Crippen LogP contribution >= 0.6 is 0 Å². The van der Waals surface area contributed by atoms with Gasteiger partial charge in [0, 0.05) is 6.42 Å². The number of hydrogen-bond acceptors (Lipinski definition) is 2. The molecule has 3 nitrogen and oxygen atoms in total. The minimum Gasteiger partial charge on any atom is -0.310 e. The lowest BCUT2D eigenvalue weighted by Crippen LogP contribution is -2.11. The maximum absolute atomic E-state index is 11.9. The number of H-pyrrole nitrogens is 1. The zero-order chi connectivity index (χ0) is 11.8. The molecular weight excluding hydrogens is 212 g/mol. The van der Waals surface area contributed by atoms with E-state index >= 15 is 0 Å². The van der Waals surface area contributed by atoms with Crippen molar-refractivity contribution < 1.29 is 0 Å². The zero-order valence-corrected chi connectivity index (χ0v) is 9.53. The van der Waals surface area contributed by atoms with Gasteiger partial charge in [0.2, 0.25) is 0 Å². The van der Waals surface area contributed by atoms with Crippen molar-refractivity contribution in [1.29, 1.82) is 0 Å². The average Bonchev–Trinajstić information content (AvgIpc) is 2.36. The molecule has 3 rings (SSSR count). The Morgan fingerprint density at radius 1 is 1.18 bits per heavy atom. The van der Waals surface area contributed by atoms with Crippen LogP contribution in [0.5, 0.6) is 0 Å². The highest BCUT2D eigenvalue weighted by molar-refractivity contribution is 5.95. The molecule has 0 spiro atoms. The van der Waals surface area contributed by atoms with Crippen LogP contribution in [0.15, 0.2) is 41.2 Å². The second-order valence-electron chi connectivity index (χ2n) is 4.08. The van der Waals surface area contributed by atoms with Crippen LogP contribution in [0.25, 0.3) is 21.7 Å². The molecule has 0 aliphatic carbocycles. The molecule has 84 valence electrons. The largest absolute Gasteiger partial charge is 0.310 e. The summed E-state index contributed by atoms with van der Waals surface area (Å²) in [6.45, 7) is 1.98. The van der Waals surface area contributed by atoms with Crippen molar-refractivity contribution in [2.24, 2.45) is 0 Å². The Kier molecular flexibility index (Phi) is 2.18. The van der Waals surface area contributed by atoms with Gasteiger partial charge in [-0.1, -0.05) is 31.2 Å². The predicted octanol–water partition coefficient (Wildman–Crippen LogP) is 2.64. The number of nitrogens with zero attached hydrogens (tertiary/aromatic N) is 1. The summed E-state index contributed by atoms with van der Waals surface area (Å²) in [5.41, 5.74) is 0.710. The second kappa shape index (κ2) is 3.70. The van der Waals surface area contributed by atoms with Crippen LogP contribution in [0, 0.1) is 0 Å². The Morgan fingerprint density at radius 3 is 2.59 bits per heavy atom. The molecule has 0 amide bonds. The van der Waals surface area contributed by atoms with Gasteiger partial charge in [-0.3, -0.25) is 4.79 Å². The molecule has 17 heavy (non-hydrogen) atoms. The van der Waals surface area contributed by atoms with E-state index in [2.05, 4.69) is 9.97 Å². The highest BCUT2D eigenvalue weighted by Gasteiger charge is 2.04. The van der Waals surface area contributed by atoms with Crippen LogP contribution in [-0.2, 0) is 6.42 Å². The molecule has 0 saturated carbocycles. The van der Waals surface area contributed by atoms with Crippen molar-refractivity contribution in [2.45, 2.75) is 13.3 Å². The first-order valence-electron chi connectivity index (χ1n) is 5.69. The first kappa shape index (κ1) is 10.0. The first-order valence-corrected chi connectivity index (χ1v) is 5.69. The lowest BCUT2D eigenvalue weighted by atomic mass is 10.1. The minimum absolute atomic E-state index is 0.0578. The van der Waals surface area contributed by atoms with Gasteiger partial charge >= 0.3 is 0 Å². The number of aryl methyl sites for hydroxylation is 1. The van der Waals surface area contributed by atoms with E-state index in [1.165, 1.54) is 0 Å². The van der Waals surface area contributed by atoms with Gasteiger partial charge in [0.1, 0.15) is 5.82 Å². The van der Waals surface area contributed by atoms with Crippen molar-refractivity contribution in [3.63, 3.8) is 0 Å². The fourth-order valence-electron chi connectivity index (χ4n) is 2.04. The van der Waals surface area contributed by atoms with Gasteiger partial charge in [-0.25, -0.2) is 4.98 Å². The lowest BCUT2D eigenvalue weighted by molar-refractivity contribution is 0.945. The molecule has 0 unspecified atom stereocenters. The average molecular weight is 224 g/mol.